The zero-order valence-corrected chi connectivity index (χ0v) is 17.2. The second kappa shape index (κ2) is 17.8. The number of halogens is 3. The predicted octanol–water partition coefficient (Wildman–Crippen LogP) is 4.21. The van der Waals surface area contributed by atoms with Crippen molar-refractivity contribution in [1.29, 1.82) is 0 Å². The molecule has 0 unspecified atom stereocenters. The van der Waals surface area contributed by atoms with Crippen LogP contribution in [-0.2, 0) is 9.72 Å². The molecule has 0 amide bonds. The van der Waals surface area contributed by atoms with Crippen LogP contribution in [0.25, 0.3) is 0 Å². The van der Waals surface area contributed by atoms with Gasteiger partial charge in [-0.15, -0.1) is 0 Å². The zero-order chi connectivity index (χ0) is 12.1. The first kappa shape index (κ1) is 21.7. The average Bonchev–Trinajstić information content (AvgIpc) is 2.03. The minimum absolute atomic E-state index is 0.263. The van der Waals surface area contributed by atoms with E-state index in [0.29, 0.717) is 6.42 Å². The van der Waals surface area contributed by atoms with Crippen LogP contribution in [0.4, 0.5) is 0 Å². The van der Waals surface area contributed by atoms with Gasteiger partial charge in [0.2, 0.25) is 0 Å². The fourth-order valence-electron chi connectivity index (χ4n) is 0.381. The molecule has 0 spiro atoms. The third-order valence-electron chi connectivity index (χ3n) is 0.911. The van der Waals surface area contributed by atoms with Gasteiger partial charge in [-0.05, 0) is 21.0 Å². The Morgan fingerprint density at radius 2 is 1.50 bits per heavy atom. The summed E-state index contributed by atoms with van der Waals surface area (Å²) in [6.07, 6.45) is 0.674. The number of hydrogen-bond donors (Lipinski definition) is 0. The third-order valence-corrected chi connectivity index (χ3v) is 0.911. The summed E-state index contributed by atoms with van der Waals surface area (Å²) in [6, 6.07) is 0. The van der Waals surface area contributed by atoms with Crippen LogP contribution < -0.4 is 0 Å². The Hall–Kier alpha value is 2.40. The van der Waals surface area contributed by atoms with Crippen LogP contribution in [0.5, 0.6) is 0 Å². The molecule has 0 aromatic heterocycles. The average molecular weight is 577 g/mol. The zero-order valence-electron chi connectivity index (χ0n) is 9.35. The Balaban J connectivity index is -0.000000170. The molecule has 0 aromatic carbocycles. The van der Waals surface area contributed by atoms with Crippen molar-refractivity contribution < 1.29 is 9.72 Å². The van der Waals surface area contributed by atoms with Crippen LogP contribution in [0.3, 0.4) is 0 Å². The number of ketones is 1. The third kappa shape index (κ3) is 47.2. The molecule has 88 valence electrons. The molecule has 0 saturated heterocycles. The van der Waals surface area contributed by atoms with Crippen molar-refractivity contribution in [1.82, 2.24) is 4.90 Å². The van der Waals surface area contributed by atoms with E-state index in [1.165, 1.54) is 0 Å². The number of nitrogens with zero attached hydrogens (tertiary/aromatic N) is 1. The van der Waals surface area contributed by atoms with Crippen LogP contribution in [0.1, 0.15) is 27.2 Å². The Morgan fingerprint density at radius 1 is 1.21 bits per heavy atom. The number of Topliss-reactive ketones (excluding diaryl/α,β-unsaturated/α-hetero) is 1. The molecular weight excluding hydrogens is 558 g/mol. The van der Waals surface area contributed by atoms with E-state index in [-0.39, 0.29) is 10.7 Å². The molecule has 0 aliphatic heterocycles. The standard InChI is InChI=1S/C6H13NO.C2H6.3HI.V/c1-6(8)4-5-7(2)3;1-2;;;;/h4-5H2,1-3H3;1-2H3;3*1H;/q;;;;;+3/p-3. The quantitative estimate of drug-likeness (QED) is 0.470. The van der Waals surface area contributed by atoms with Gasteiger partial charge in [0.25, 0.3) is 0 Å². The van der Waals surface area contributed by atoms with Crippen molar-refractivity contribution in [2.45, 2.75) is 27.2 Å². The molecule has 0 atom stereocenters. The molecule has 0 heterocycles. The van der Waals surface area contributed by atoms with Crippen LogP contribution in [0, 0.1) is 0 Å². The maximum atomic E-state index is 10.3. The number of carbonyl (C=O) groups is 1. The first-order valence-electron chi connectivity index (χ1n) is 4.28. The Bertz CT molecular complexity index is 120. The molecule has 0 aliphatic rings. The van der Waals surface area contributed by atoms with Crippen LogP contribution in [-0.4, -0.2) is 31.3 Å². The van der Waals surface area contributed by atoms with Crippen molar-refractivity contribution in [2.24, 2.45) is 0 Å². The first-order chi connectivity index (χ1) is 6.36. The minimum atomic E-state index is -0.278. The second-order valence-electron chi connectivity index (χ2n) is 2.45. The normalized spacial score (nSPS) is 8.71. The van der Waals surface area contributed by atoms with Gasteiger partial charge in [-0.25, -0.2) is 0 Å². The first-order valence-corrected chi connectivity index (χ1v) is 17.8. The molecule has 6 heteroatoms. The topological polar surface area (TPSA) is 20.3 Å². The van der Waals surface area contributed by atoms with E-state index in [1.54, 1.807) is 6.92 Å². The van der Waals surface area contributed by atoms with Gasteiger partial charge in [-0.2, -0.15) is 0 Å². The number of rotatable bonds is 3. The van der Waals surface area contributed by atoms with E-state index in [1.807, 2.05) is 32.8 Å². The van der Waals surface area contributed by atoms with Gasteiger partial charge in [0.05, 0.1) is 0 Å². The SMILES string of the molecule is CC.CC(=O)CCN(C)C.[I][V]([I])[I]. The molecule has 0 fully saturated rings. The Kier molecular flexibility index (Phi) is 27.5. The van der Waals surface area contributed by atoms with Gasteiger partial charge >= 0.3 is 64.9 Å². The van der Waals surface area contributed by atoms with E-state index >= 15 is 0 Å². The van der Waals surface area contributed by atoms with Crippen molar-refractivity contribution >= 4 is 65.7 Å². The molecule has 0 radical (unpaired) electrons. The summed E-state index contributed by atoms with van der Waals surface area (Å²) in [5, 5.41) is 0. The number of hydrogen-bond acceptors (Lipinski definition) is 2. The van der Waals surface area contributed by atoms with E-state index in [9.17, 15) is 4.79 Å². The van der Waals surface area contributed by atoms with Gasteiger partial charge in [-0.3, -0.25) is 4.79 Å². The predicted molar refractivity (Wildman–Crippen MR) is 87.3 cm³/mol. The van der Waals surface area contributed by atoms with Gasteiger partial charge in [0, 0.05) is 13.0 Å². The molecule has 14 heavy (non-hydrogen) atoms. The fraction of sp³-hybridized carbons (Fsp3) is 0.875. The molecule has 0 aromatic rings. The van der Waals surface area contributed by atoms with Crippen molar-refractivity contribution in [3.05, 3.63) is 0 Å². The fourth-order valence-corrected chi connectivity index (χ4v) is 0.381. The number of carbonyl (C=O) groups excluding carboxylic acids is 1. The molecule has 0 N–H and O–H groups in total. The van der Waals surface area contributed by atoms with Crippen molar-refractivity contribution in [3.63, 3.8) is 0 Å². The van der Waals surface area contributed by atoms with Crippen molar-refractivity contribution in [2.75, 3.05) is 20.6 Å². The molecule has 0 rings (SSSR count). The van der Waals surface area contributed by atoms with Gasteiger partial charge < -0.3 is 4.90 Å². The Labute approximate surface area is 126 Å². The molecular formula is C8H19I3NOV. The summed E-state index contributed by atoms with van der Waals surface area (Å²) in [5.41, 5.74) is 0. The van der Waals surface area contributed by atoms with Crippen LogP contribution in [0.15, 0.2) is 0 Å². The van der Waals surface area contributed by atoms with Gasteiger partial charge in [0.15, 0.2) is 0 Å². The maximum absolute atomic E-state index is 10.3. The van der Waals surface area contributed by atoms with E-state index in [0.717, 1.165) is 6.54 Å². The summed E-state index contributed by atoms with van der Waals surface area (Å²) >= 11 is 7.39. The summed E-state index contributed by atoms with van der Waals surface area (Å²) in [6.45, 7) is 6.48. The summed E-state index contributed by atoms with van der Waals surface area (Å²) < 4.78 is 0. The monoisotopic (exact) mass is 577 g/mol. The van der Waals surface area contributed by atoms with E-state index < -0.39 is 0 Å². The van der Waals surface area contributed by atoms with Crippen molar-refractivity contribution in [3.8, 4) is 0 Å². The summed E-state index contributed by atoms with van der Waals surface area (Å²) in [5.74, 6) is 0.263. The van der Waals surface area contributed by atoms with Crippen LogP contribution >= 0.6 is 59.9 Å². The summed E-state index contributed by atoms with van der Waals surface area (Å²) in [4.78, 5) is 12.0. The van der Waals surface area contributed by atoms with Gasteiger partial charge in [-0.1, -0.05) is 13.8 Å². The second-order valence-corrected chi connectivity index (χ2v) is 37.8. The van der Waals surface area contributed by atoms with E-state index in [2.05, 4.69) is 59.9 Å². The van der Waals surface area contributed by atoms with Crippen LogP contribution in [0.2, 0.25) is 0 Å². The molecule has 2 nitrogen and oxygen atoms in total. The van der Waals surface area contributed by atoms with Gasteiger partial charge in [0.1, 0.15) is 5.78 Å². The summed E-state index contributed by atoms with van der Waals surface area (Å²) in [7, 11) is 3.92. The molecule has 0 saturated carbocycles. The molecule has 0 bridgehead atoms. The van der Waals surface area contributed by atoms with E-state index in [4.69, 9.17) is 0 Å². The Morgan fingerprint density at radius 3 is 1.57 bits per heavy atom. The molecule has 0 aliphatic carbocycles.